The van der Waals surface area contributed by atoms with Gasteiger partial charge in [-0.25, -0.2) is 9.97 Å². The minimum atomic E-state index is 0.171. The zero-order valence-corrected chi connectivity index (χ0v) is 10.8. The van der Waals surface area contributed by atoms with Gasteiger partial charge in [0.15, 0.2) is 0 Å². The summed E-state index contributed by atoms with van der Waals surface area (Å²) in [6.07, 6.45) is 4.05. The van der Waals surface area contributed by atoms with Gasteiger partial charge in [0.2, 0.25) is 0 Å². The molecule has 2 aliphatic heterocycles. The molecule has 1 N–H and O–H groups in total. The third-order valence-corrected chi connectivity index (χ3v) is 3.73. The van der Waals surface area contributed by atoms with Crippen LogP contribution in [0.4, 0.5) is 5.82 Å². The van der Waals surface area contributed by atoms with Crippen molar-refractivity contribution in [3.05, 3.63) is 18.1 Å². The van der Waals surface area contributed by atoms with Gasteiger partial charge in [-0.1, -0.05) is 0 Å². The quantitative estimate of drug-likeness (QED) is 0.850. The molecule has 0 spiro atoms. The van der Waals surface area contributed by atoms with Gasteiger partial charge >= 0.3 is 0 Å². The Bertz CT molecular complexity index is 406. The first-order chi connectivity index (χ1) is 8.84. The predicted molar refractivity (Wildman–Crippen MR) is 69.6 cm³/mol. The van der Waals surface area contributed by atoms with Crippen molar-refractivity contribution in [1.82, 2.24) is 15.3 Å². The number of aromatic nitrogens is 2. The second-order valence-corrected chi connectivity index (χ2v) is 5.05. The third kappa shape index (κ3) is 2.33. The summed E-state index contributed by atoms with van der Waals surface area (Å²) >= 11 is 0. The molecule has 2 saturated heterocycles. The van der Waals surface area contributed by atoms with Crippen LogP contribution in [-0.2, 0) is 4.74 Å². The minimum Gasteiger partial charge on any atom is -0.372 e. The summed E-state index contributed by atoms with van der Waals surface area (Å²) in [6.45, 7) is 6.11. The van der Waals surface area contributed by atoms with Gasteiger partial charge in [0.25, 0.3) is 0 Å². The van der Waals surface area contributed by atoms with E-state index in [9.17, 15) is 0 Å². The molecule has 0 aromatic carbocycles. The molecule has 1 unspecified atom stereocenters. The van der Waals surface area contributed by atoms with Crippen molar-refractivity contribution in [3.63, 3.8) is 0 Å². The Balaban J connectivity index is 1.81. The molecule has 2 aliphatic rings. The van der Waals surface area contributed by atoms with Crippen molar-refractivity contribution < 1.29 is 4.74 Å². The van der Waals surface area contributed by atoms with Crippen LogP contribution in [0.25, 0.3) is 0 Å². The molecular formula is C13H20N4O. The SMILES string of the molecule is C[C@@H]1CNCCN1c1cc(C2CCCO2)ncn1. The Morgan fingerprint density at radius 3 is 3.17 bits per heavy atom. The lowest BCUT2D eigenvalue weighted by molar-refractivity contribution is 0.108. The summed E-state index contributed by atoms with van der Waals surface area (Å²) in [7, 11) is 0. The van der Waals surface area contributed by atoms with E-state index in [0.717, 1.165) is 50.6 Å². The lowest BCUT2D eigenvalue weighted by atomic mass is 10.1. The first-order valence-corrected chi connectivity index (χ1v) is 6.75. The fourth-order valence-electron chi connectivity index (χ4n) is 2.69. The van der Waals surface area contributed by atoms with Gasteiger partial charge in [0, 0.05) is 38.3 Å². The number of nitrogens with one attached hydrogen (secondary N) is 1. The standard InChI is InChI=1S/C13H20N4O/c1-10-8-14-4-5-17(10)13-7-11(15-9-16-13)12-3-2-6-18-12/h7,9-10,12,14H,2-6,8H2,1H3/t10-,12?/m1/s1. The van der Waals surface area contributed by atoms with Crippen LogP contribution in [0, 0.1) is 0 Å². The number of anilines is 1. The normalized spacial score (nSPS) is 28.6. The summed E-state index contributed by atoms with van der Waals surface area (Å²) < 4.78 is 5.69. The maximum Gasteiger partial charge on any atom is 0.132 e. The van der Waals surface area contributed by atoms with Crippen LogP contribution < -0.4 is 10.2 Å². The van der Waals surface area contributed by atoms with Gasteiger partial charge in [-0.05, 0) is 19.8 Å². The largest absolute Gasteiger partial charge is 0.372 e. The van der Waals surface area contributed by atoms with Crippen LogP contribution in [0.1, 0.15) is 31.6 Å². The van der Waals surface area contributed by atoms with Crippen molar-refractivity contribution in [3.8, 4) is 0 Å². The van der Waals surface area contributed by atoms with Crippen molar-refractivity contribution in [2.75, 3.05) is 31.1 Å². The average molecular weight is 248 g/mol. The van der Waals surface area contributed by atoms with Crippen LogP contribution >= 0.6 is 0 Å². The molecule has 0 saturated carbocycles. The molecule has 5 heteroatoms. The molecule has 1 aromatic rings. The lowest BCUT2D eigenvalue weighted by Crippen LogP contribution is -2.50. The maximum absolute atomic E-state index is 5.69. The molecule has 18 heavy (non-hydrogen) atoms. The highest BCUT2D eigenvalue weighted by Crippen LogP contribution is 2.28. The lowest BCUT2D eigenvalue weighted by Gasteiger charge is -2.35. The maximum atomic E-state index is 5.69. The number of ether oxygens (including phenoxy) is 1. The minimum absolute atomic E-state index is 0.171. The Hall–Kier alpha value is -1.20. The molecule has 98 valence electrons. The number of hydrogen-bond acceptors (Lipinski definition) is 5. The smallest absolute Gasteiger partial charge is 0.132 e. The molecule has 3 heterocycles. The average Bonchev–Trinajstić information content (AvgIpc) is 2.93. The van der Waals surface area contributed by atoms with E-state index in [-0.39, 0.29) is 6.10 Å². The highest BCUT2D eigenvalue weighted by molar-refractivity contribution is 5.41. The Morgan fingerprint density at radius 2 is 2.39 bits per heavy atom. The van der Waals surface area contributed by atoms with Crippen molar-refractivity contribution >= 4 is 5.82 Å². The van der Waals surface area contributed by atoms with Crippen LogP contribution in [0.5, 0.6) is 0 Å². The number of hydrogen-bond donors (Lipinski definition) is 1. The summed E-state index contributed by atoms with van der Waals surface area (Å²) in [4.78, 5) is 11.1. The Morgan fingerprint density at radius 1 is 1.44 bits per heavy atom. The number of rotatable bonds is 2. The molecular weight excluding hydrogens is 228 g/mol. The molecule has 0 radical (unpaired) electrons. The van der Waals surface area contributed by atoms with Crippen LogP contribution in [0.15, 0.2) is 12.4 Å². The number of piperazine rings is 1. The zero-order valence-electron chi connectivity index (χ0n) is 10.8. The summed E-state index contributed by atoms with van der Waals surface area (Å²) in [5.74, 6) is 1.03. The van der Waals surface area contributed by atoms with Gasteiger partial charge in [-0.3, -0.25) is 0 Å². The van der Waals surface area contributed by atoms with Gasteiger partial charge in [0.1, 0.15) is 12.1 Å². The Kier molecular flexibility index (Phi) is 3.43. The molecule has 2 atom stereocenters. The fourth-order valence-corrected chi connectivity index (χ4v) is 2.69. The van der Waals surface area contributed by atoms with Gasteiger partial charge < -0.3 is 15.0 Å². The summed E-state index contributed by atoms with van der Waals surface area (Å²) in [5.41, 5.74) is 1.03. The van der Waals surface area contributed by atoms with E-state index in [0.29, 0.717) is 6.04 Å². The highest BCUT2D eigenvalue weighted by atomic mass is 16.5. The topological polar surface area (TPSA) is 50.3 Å². The third-order valence-electron chi connectivity index (χ3n) is 3.73. The fraction of sp³-hybridized carbons (Fsp3) is 0.692. The molecule has 5 nitrogen and oxygen atoms in total. The van der Waals surface area contributed by atoms with Gasteiger partial charge in [-0.2, -0.15) is 0 Å². The molecule has 0 amide bonds. The molecule has 3 rings (SSSR count). The second-order valence-electron chi connectivity index (χ2n) is 5.05. The monoisotopic (exact) mass is 248 g/mol. The molecule has 2 fully saturated rings. The highest BCUT2D eigenvalue weighted by Gasteiger charge is 2.23. The molecule has 0 bridgehead atoms. The van der Waals surface area contributed by atoms with Crippen molar-refractivity contribution in [1.29, 1.82) is 0 Å². The first kappa shape index (κ1) is 11.9. The van der Waals surface area contributed by atoms with Crippen molar-refractivity contribution in [2.24, 2.45) is 0 Å². The predicted octanol–water partition coefficient (Wildman–Crippen LogP) is 1.13. The van der Waals surface area contributed by atoms with E-state index in [1.54, 1.807) is 6.33 Å². The van der Waals surface area contributed by atoms with Gasteiger partial charge in [0.05, 0.1) is 11.8 Å². The Labute approximate surface area is 108 Å². The zero-order chi connectivity index (χ0) is 12.4. The second kappa shape index (κ2) is 5.20. The number of nitrogens with zero attached hydrogens (tertiary/aromatic N) is 3. The van der Waals surface area contributed by atoms with E-state index >= 15 is 0 Å². The van der Waals surface area contributed by atoms with E-state index in [2.05, 4.69) is 33.2 Å². The van der Waals surface area contributed by atoms with E-state index in [1.165, 1.54) is 0 Å². The van der Waals surface area contributed by atoms with Crippen LogP contribution in [0.3, 0.4) is 0 Å². The van der Waals surface area contributed by atoms with Gasteiger partial charge in [-0.15, -0.1) is 0 Å². The summed E-state index contributed by atoms with van der Waals surface area (Å²) in [6, 6.07) is 2.57. The first-order valence-electron chi connectivity index (χ1n) is 6.75. The van der Waals surface area contributed by atoms with E-state index in [1.807, 2.05) is 0 Å². The molecule has 0 aliphatic carbocycles. The van der Waals surface area contributed by atoms with Crippen LogP contribution in [-0.4, -0.2) is 42.3 Å². The van der Waals surface area contributed by atoms with Crippen molar-refractivity contribution in [2.45, 2.75) is 31.9 Å². The van der Waals surface area contributed by atoms with Crippen LogP contribution in [0.2, 0.25) is 0 Å². The van der Waals surface area contributed by atoms with E-state index in [4.69, 9.17) is 4.74 Å². The van der Waals surface area contributed by atoms with E-state index < -0.39 is 0 Å². The summed E-state index contributed by atoms with van der Waals surface area (Å²) in [5, 5.41) is 3.39. The molecule has 1 aromatic heterocycles.